The molecular weight excluding hydrogens is 320 g/mol. The Kier molecular flexibility index (Phi) is 14.8. The quantitative estimate of drug-likeness (QED) is 0.237. The average Bonchev–Trinajstić information content (AvgIpc) is 3.10. The van der Waals surface area contributed by atoms with Gasteiger partial charge in [0, 0.05) is 12.8 Å². The van der Waals surface area contributed by atoms with E-state index < -0.39 is 0 Å². The molecule has 26 heavy (non-hydrogen) atoms. The van der Waals surface area contributed by atoms with Gasteiger partial charge >= 0.3 is 0 Å². The van der Waals surface area contributed by atoms with Crippen LogP contribution in [0.5, 0.6) is 0 Å². The second-order valence-electron chi connectivity index (χ2n) is 7.87. The lowest BCUT2D eigenvalue weighted by Crippen LogP contribution is -2.37. The van der Waals surface area contributed by atoms with E-state index in [1.54, 1.807) is 0 Å². The minimum Gasteiger partial charge on any atom is -0.379 e. The molecule has 2 unspecified atom stereocenters. The Balaban J connectivity index is 1.82. The van der Waals surface area contributed by atoms with Gasteiger partial charge in [-0.25, -0.2) is 0 Å². The monoisotopic (exact) mass is 364 g/mol. The van der Waals surface area contributed by atoms with Gasteiger partial charge in [-0.05, 0) is 39.0 Å². The van der Waals surface area contributed by atoms with Crippen molar-refractivity contribution in [2.24, 2.45) is 4.99 Å². The van der Waals surface area contributed by atoms with Crippen molar-refractivity contribution in [2.45, 2.75) is 123 Å². The Morgan fingerprint density at radius 3 is 2.04 bits per heavy atom. The van der Waals surface area contributed by atoms with Gasteiger partial charge in [-0.3, -0.25) is 9.89 Å². The first-order valence-electron chi connectivity index (χ1n) is 11.4. The fourth-order valence-electron chi connectivity index (χ4n) is 3.69. The van der Waals surface area contributed by atoms with Gasteiger partial charge in [-0.2, -0.15) is 0 Å². The smallest absolute Gasteiger partial charge is 0.106 e. The molecule has 2 atom stereocenters. The highest BCUT2D eigenvalue weighted by atomic mass is 16.3. The Morgan fingerprint density at radius 1 is 0.923 bits per heavy atom. The number of unbranched alkanes of at least 4 members (excludes halogenated alkanes) is 12. The predicted octanol–water partition coefficient (Wildman–Crippen LogP) is 6.46. The van der Waals surface area contributed by atoms with Crippen LogP contribution < -0.4 is 0 Å². The van der Waals surface area contributed by atoms with Crippen molar-refractivity contribution in [3.8, 4) is 0 Å². The summed E-state index contributed by atoms with van der Waals surface area (Å²) in [6.45, 7) is 4.90. The van der Waals surface area contributed by atoms with Crippen molar-refractivity contribution in [1.29, 1.82) is 0 Å². The summed E-state index contributed by atoms with van der Waals surface area (Å²) in [4.78, 5) is 6.51. The maximum atomic E-state index is 9.69. The van der Waals surface area contributed by atoms with Gasteiger partial charge in [0.25, 0.3) is 0 Å². The first-order valence-corrected chi connectivity index (χ1v) is 11.4. The minimum atomic E-state index is -0.390. The molecule has 1 aliphatic heterocycles. The van der Waals surface area contributed by atoms with Gasteiger partial charge in [0.05, 0.1) is 0 Å². The molecule has 0 spiro atoms. The Bertz CT molecular complexity index is 365. The summed E-state index contributed by atoms with van der Waals surface area (Å²) >= 11 is 0. The maximum absolute atomic E-state index is 9.69. The highest BCUT2D eigenvalue weighted by molar-refractivity contribution is 5.62. The van der Waals surface area contributed by atoms with E-state index in [-0.39, 0.29) is 12.4 Å². The highest BCUT2D eigenvalue weighted by Crippen LogP contribution is 2.16. The van der Waals surface area contributed by atoms with Crippen molar-refractivity contribution >= 4 is 6.21 Å². The molecule has 1 rings (SSSR count). The molecule has 0 fully saturated rings. The first kappa shape index (κ1) is 23.4. The number of hydrogen-bond acceptors (Lipinski definition) is 3. The second kappa shape index (κ2) is 16.5. The van der Waals surface area contributed by atoms with E-state index in [0.717, 1.165) is 25.8 Å². The number of aliphatic imine (C=N–C) groups is 1. The molecule has 1 aliphatic rings. The van der Waals surface area contributed by atoms with Gasteiger partial charge < -0.3 is 5.11 Å². The van der Waals surface area contributed by atoms with Crippen molar-refractivity contribution in [3.63, 3.8) is 0 Å². The lowest BCUT2D eigenvalue weighted by Gasteiger charge is -2.25. The molecule has 0 bridgehead atoms. The molecule has 0 aromatic rings. The summed E-state index contributed by atoms with van der Waals surface area (Å²) in [5.74, 6) is 0. The molecule has 3 heteroatoms. The largest absolute Gasteiger partial charge is 0.379 e. The van der Waals surface area contributed by atoms with Crippen LogP contribution in [0.15, 0.2) is 17.1 Å². The number of hydrogen-bond donors (Lipinski definition) is 1. The Hall–Kier alpha value is -0.670. The van der Waals surface area contributed by atoms with Crippen molar-refractivity contribution in [3.05, 3.63) is 12.2 Å². The molecule has 0 radical (unpaired) electrons. The summed E-state index contributed by atoms with van der Waals surface area (Å²) in [5, 5.41) is 9.69. The van der Waals surface area contributed by atoms with Gasteiger partial charge in [-0.15, -0.1) is 0 Å². The first-order chi connectivity index (χ1) is 12.8. The molecule has 0 saturated heterocycles. The zero-order valence-electron chi connectivity index (χ0n) is 17.5. The molecule has 0 aromatic carbocycles. The normalized spacial score (nSPS) is 19.0. The Labute approximate surface area is 163 Å². The highest BCUT2D eigenvalue weighted by Gasteiger charge is 2.23. The van der Waals surface area contributed by atoms with Crippen LogP contribution in [-0.2, 0) is 0 Å². The van der Waals surface area contributed by atoms with Crippen molar-refractivity contribution in [1.82, 2.24) is 4.90 Å². The van der Waals surface area contributed by atoms with Crippen LogP contribution in [0.4, 0.5) is 0 Å². The molecular formula is C23H44N2O. The summed E-state index contributed by atoms with van der Waals surface area (Å²) in [6.07, 6.45) is 26.6. The lowest BCUT2D eigenvalue weighted by molar-refractivity contribution is 0.00732. The summed E-state index contributed by atoms with van der Waals surface area (Å²) in [7, 11) is 0. The molecule has 1 heterocycles. The summed E-state index contributed by atoms with van der Waals surface area (Å²) in [5.41, 5.74) is 0. The van der Waals surface area contributed by atoms with E-state index in [4.69, 9.17) is 0 Å². The number of allylic oxidation sites excluding steroid dienone is 2. The zero-order valence-corrected chi connectivity index (χ0v) is 17.5. The third kappa shape index (κ3) is 11.9. The van der Waals surface area contributed by atoms with E-state index in [9.17, 15) is 5.11 Å². The number of nitrogens with zero attached hydrogens (tertiary/aromatic N) is 2. The number of rotatable bonds is 17. The van der Waals surface area contributed by atoms with Crippen LogP contribution in [-0.4, -0.2) is 35.2 Å². The van der Waals surface area contributed by atoms with Gasteiger partial charge in [0.2, 0.25) is 0 Å². The molecule has 0 aromatic heterocycles. The van der Waals surface area contributed by atoms with Gasteiger partial charge in [0.15, 0.2) is 0 Å². The lowest BCUT2D eigenvalue weighted by atomic mass is 10.1. The number of aliphatic hydroxyl groups excluding tert-OH is 1. The molecule has 3 nitrogen and oxygen atoms in total. The van der Waals surface area contributed by atoms with E-state index in [0.29, 0.717) is 0 Å². The van der Waals surface area contributed by atoms with Gasteiger partial charge in [0.1, 0.15) is 12.4 Å². The average molecular weight is 365 g/mol. The van der Waals surface area contributed by atoms with Crippen LogP contribution in [0, 0.1) is 0 Å². The van der Waals surface area contributed by atoms with Crippen LogP contribution >= 0.6 is 0 Å². The molecule has 1 N–H and O–H groups in total. The SMILES string of the molecule is CCCCCCCCCCCCC/C=C/CCCC1N=CCN1C(C)O. The second-order valence-corrected chi connectivity index (χ2v) is 7.87. The van der Waals surface area contributed by atoms with E-state index in [1.807, 2.05) is 13.1 Å². The van der Waals surface area contributed by atoms with Crippen molar-refractivity contribution < 1.29 is 5.11 Å². The summed E-state index contributed by atoms with van der Waals surface area (Å²) in [6, 6.07) is 0. The zero-order chi connectivity index (χ0) is 18.9. The predicted molar refractivity (Wildman–Crippen MR) is 115 cm³/mol. The molecule has 0 aliphatic carbocycles. The van der Waals surface area contributed by atoms with Crippen LogP contribution in [0.25, 0.3) is 0 Å². The van der Waals surface area contributed by atoms with E-state index >= 15 is 0 Å². The topological polar surface area (TPSA) is 35.8 Å². The van der Waals surface area contributed by atoms with Crippen LogP contribution in [0.1, 0.15) is 110 Å². The molecule has 0 amide bonds. The fourth-order valence-corrected chi connectivity index (χ4v) is 3.69. The maximum Gasteiger partial charge on any atom is 0.106 e. The Morgan fingerprint density at radius 2 is 1.46 bits per heavy atom. The fraction of sp³-hybridized carbons (Fsp3) is 0.870. The minimum absolute atomic E-state index is 0.190. The van der Waals surface area contributed by atoms with E-state index in [2.05, 4.69) is 29.0 Å². The third-order valence-electron chi connectivity index (χ3n) is 5.41. The van der Waals surface area contributed by atoms with Crippen LogP contribution in [0.2, 0.25) is 0 Å². The number of aliphatic hydroxyl groups is 1. The van der Waals surface area contributed by atoms with Gasteiger partial charge in [-0.1, -0.05) is 83.3 Å². The summed E-state index contributed by atoms with van der Waals surface area (Å²) < 4.78 is 0. The van der Waals surface area contributed by atoms with Crippen LogP contribution in [0.3, 0.4) is 0 Å². The third-order valence-corrected chi connectivity index (χ3v) is 5.41. The molecule has 152 valence electrons. The standard InChI is InChI=1S/C23H44N2O/c1-3-4-5-6-7-8-9-10-11-12-13-14-15-16-17-18-19-23-24-20-21-25(23)22(2)26/h15-16,20,22-23,26H,3-14,17-19,21H2,1-2H3/b16-15+. The molecule has 0 saturated carbocycles. The van der Waals surface area contributed by atoms with Crippen molar-refractivity contribution in [2.75, 3.05) is 6.54 Å². The van der Waals surface area contributed by atoms with E-state index in [1.165, 1.54) is 77.0 Å².